The quantitative estimate of drug-likeness (QED) is 0.687. The topological polar surface area (TPSA) is 64.4 Å². The van der Waals surface area contributed by atoms with Gasteiger partial charge >= 0.3 is 0 Å². The van der Waals surface area contributed by atoms with Crippen LogP contribution in [0.15, 0.2) is 0 Å². The first kappa shape index (κ1) is 11.5. The molecule has 1 rings (SSSR count). The summed E-state index contributed by atoms with van der Waals surface area (Å²) in [7, 11) is 0. The molecule has 0 unspecified atom stereocenters. The summed E-state index contributed by atoms with van der Waals surface area (Å²) in [6, 6.07) is -0.140. The van der Waals surface area contributed by atoms with Gasteiger partial charge in [0.25, 0.3) is 0 Å². The van der Waals surface area contributed by atoms with Crippen molar-refractivity contribution in [3.05, 3.63) is 0 Å². The Labute approximate surface area is 85.2 Å². The minimum Gasteiger partial charge on any atom is -0.381 e. The summed E-state index contributed by atoms with van der Waals surface area (Å²) in [5, 5.41) is 2.96. The zero-order valence-electron chi connectivity index (χ0n) is 8.95. The standard InChI is InChI=1S/C10H20N2O2/c1-7(2)9(11)10(13)12-8-3-5-14-6-4-8/h7-9H,3-6,11H2,1-2H3,(H,12,13)/t9-/m0/s1. The molecule has 1 aliphatic heterocycles. The number of carbonyl (C=O) groups excluding carboxylic acids is 1. The van der Waals surface area contributed by atoms with Crippen molar-refractivity contribution in [2.45, 2.75) is 38.8 Å². The van der Waals surface area contributed by atoms with Gasteiger partial charge < -0.3 is 15.8 Å². The van der Waals surface area contributed by atoms with Crippen LogP contribution in [-0.4, -0.2) is 31.2 Å². The number of nitrogens with one attached hydrogen (secondary N) is 1. The van der Waals surface area contributed by atoms with E-state index in [2.05, 4.69) is 5.32 Å². The Kier molecular flexibility index (Phi) is 4.35. The van der Waals surface area contributed by atoms with Gasteiger partial charge in [0.1, 0.15) is 0 Å². The Bertz CT molecular complexity index is 189. The highest BCUT2D eigenvalue weighted by Gasteiger charge is 2.21. The van der Waals surface area contributed by atoms with Gasteiger partial charge in [-0.1, -0.05) is 13.8 Å². The Hall–Kier alpha value is -0.610. The molecule has 0 radical (unpaired) electrons. The fraction of sp³-hybridized carbons (Fsp3) is 0.900. The molecule has 14 heavy (non-hydrogen) atoms. The van der Waals surface area contributed by atoms with E-state index in [1.807, 2.05) is 13.8 Å². The zero-order chi connectivity index (χ0) is 10.6. The van der Waals surface area contributed by atoms with Gasteiger partial charge in [0.05, 0.1) is 6.04 Å². The van der Waals surface area contributed by atoms with Crippen LogP contribution in [0.1, 0.15) is 26.7 Å². The maximum absolute atomic E-state index is 11.6. The molecule has 1 fully saturated rings. The molecule has 1 aliphatic rings. The van der Waals surface area contributed by atoms with Gasteiger partial charge in [-0.2, -0.15) is 0 Å². The average Bonchev–Trinajstić information content (AvgIpc) is 2.18. The number of amides is 1. The molecule has 82 valence electrons. The molecule has 0 aromatic rings. The lowest BCUT2D eigenvalue weighted by Gasteiger charge is -2.25. The van der Waals surface area contributed by atoms with Gasteiger partial charge in [0.15, 0.2) is 0 Å². The van der Waals surface area contributed by atoms with Crippen LogP contribution in [-0.2, 0) is 9.53 Å². The van der Waals surface area contributed by atoms with Crippen LogP contribution in [0.3, 0.4) is 0 Å². The predicted molar refractivity (Wildman–Crippen MR) is 54.8 cm³/mol. The van der Waals surface area contributed by atoms with E-state index in [0.717, 1.165) is 26.1 Å². The maximum atomic E-state index is 11.6. The third-order valence-electron chi connectivity index (χ3n) is 2.59. The molecule has 4 heteroatoms. The predicted octanol–water partition coefficient (Wildman–Crippen LogP) is 0.265. The van der Waals surface area contributed by atoms with Crippen molar-refractivity contribution < 1.29 is 9.53 Å². The van der Waals surface area contributed by atoms with E-state index in [1.54, 1.807) is 0 Å². The number of carbonyl (C=O) groups is 1. The molecule has 0 spiro atoms. The van der Waals surface area contributed by atoms with Crippen molar-refractivity contribution in [2.24, 2.45) is 11.7 Å². The van der Waals surface area contributed by atoms with Gasteiger partial charge in [0.2, 0.25) is 5.91 Å². The Balaban J connectivity index is 2.31. The first-order valence-corrected chi connectivity index (χ1v) is 5.25. The Morgan fingerprint density at radius 2 is 2.00 bits per heavy atom. The summed E-state index contributed by atoms with van der Waals surface area (Å²) in [4.78, 5) is 11.6. The van der Waals surface area contributed by atoms with E-state index in [1.165, 1.54) is 0 Å². The SMILES string of the molecule is CC(C)[C@H](N)C(=O)NC1CCOCC1. The lowest BCUT2D eigenvalue weighted by molar-refractivity contribution is -0.124. The molecule has 3 N–H and O–H groups in total. The average molecular weight is 200 g/mol. The summed E-state index contributed by atoms with van der Waals surface area (Å²) in [6.45, 7) is 5.38. The van der Waals surface area contributed by atoms with E-state index in [4.69, 9.17) is 10.5 Å². The molecular weight excluding hydrogens is 180 g/mol. The minimum atomic E-state index is -0.391. The van der Waals surface area contributed by atoms with Crippen molar-refractivity contribution in [2.75, 3.05) is 13.2 Å². The lowest BCUT2D eigenvalue weighted by Crippen LogP contribution is -2.49. The first-order chi connectivity index (χ1) is 6.61. The summed E-state index contributed by atoms with van der Waals surface area (Å²) in [5.41, 5.74) is 5.73. The number of rotatable bonds is 3. The van der Waals surface area contributed by atoms with Crippen LogP contribution in [0.25, 0.3) is 0 Å². The Morgan fingerprint density at radius 3 is 2.50 bits per heavy atom. The van der Waals surface area contributed by atoms with Crippen molar-refractivity contribution >= 4 is 5.91 Å². The maximum Gasteiger partial charge on any atom is 0.237 e. The number of nitrogens with two attached hydrogens (primary N) is 1. The molecule has 1 heterocycles. The zero-order valence-corrected chi connectivity index (χ0v) is 8.95. The molecule has 1 amide bonds. The highest BCUT2D eigenvalue weighted by atomic mass is 16.5. The van der Waals surface area contributed by atoms with Gasteiger partial charge in [0, 0.05) is 19.3 Å². The summed E-state index contributed by atoms with van der Waals surface area (Å²) < 4.78 is 5.21. The monoisotopic (exact) mass is 200 g/mol. The van der Waals surface area contributed by atoms with Crippen molar-refractivity contribution in [3.8, 4) is 0 Å². The largest absolute Gasteiger partial charge is 0.381 e. The fourth-order valence-corrected chi connectivity index (χ4v) is 1.44. The number of ether oxygens (including phenoxy) is 1. The molecule has 0 saturated carbocycles. The molecule has 0 aromatic carbocycles. The normalized spacial score (nSPS) is 20.9. The summed E-state index contributed by atoms with van der Waals surface area (Å²) in [5.74, 6) is 0.154. The summed E-state index contributed by atoms with van der Waals surface area (Å²) >= 11 is 0. The minimum absolute atomic E-state index is 0.0353. The second kappa shape index (κ2) is 5.32. The molecule has 4 nitrogen and oxygen atoms in total. The highest BCUT2D eigenvalue weighted by molar-refractivity contribution is 5.82. The van der Waals surface area contributed by atoms with E-state index in [0.29, 0.717) is 0 Å². The van der Waals surface area contributed by atoms with Crippen LogP contribution >= 0.6 is 0 Å². The van der Waals surface area contributed by atoms with E-state index in [9.17, 15) is 4.79 Å². The van der Waals surface area contributed by atoms with Crippen LogP contribution in [0.4, 0.5) is 0 Å². The van der Waals surface area contributed by atoms with E-state index in [-0.39, 0.29) is 17.9 Å². The molecule has 1 saturated heterocycles. The number of hydrogen-bond acceptors (Lipinski definition) is 3. The molecule has 0 aliphatic carbocycles. The van der Waals surface area contributed by atoms with Gasteiger partial charge in [-0.25, -0.2) is 0 Å². The number of hydrogen-bond donors (Lipinski definition) is 2. The second-order valence-corrected chi connectivity index (χ2v) is 4.17. The van der Waals surface area contributed by atoms with Crippen molar-refractivity contribution in [1.82, 2.24) is 5.32 Å². The van der Waals surface area contributed by atoms with Crippen LogP contribution in [0.5, 0.6) is 0 Å². The smallest absolute Gasteiger partial charge is 0.237 e. The molecule has 0 aromatic heterocycles. The third-order valence-corrected chi connectivity index (χ3v) is 2.59. The van der Waals surface area contributed by atoms with Crippen molar-refractivity contribution in [3.63, 3.8) is 0 Å². The van der Waals surface area contributed by atoms with Gasteiger partial charge in [-0.3, -0.25) is 4.79 Å². The van der Waals surface area contributed by atoms with E-state index < -0.39 is 6.04 Å². The Morgan fingerprint density at radius 1 is 1.43 bits per heavy atom. The van der Waals surface area contributed by atoms with Crippen LogP contribution in [0, 0.1) is 5.92 Å². The van der Waals surface area contributed by atoms with Crippen LogP contribution in [0.2, 0.25) is 0 Å². The highest BCUT2D eigenvalue weighted by Crippen LogP contribution is 2.07. The molecule has 1 atom stereocenters. The molecular formula is C10H20N2O2. The second-order valence-electron chi connectivity index (χ2n) is 4.17. The third kappa shape index (κ3) is 3.27. The summed E-state index contributed by atoms with van der Waals surface area (Å²) in [6.07, 6.45) is 1.80. The lowest BCUT2D eigenvalue weighted by atomic mass is 10.0. The van der Waals surface area contributed by atoms with Crippen molar-refractivity contribution in [1.29, 1.82) is 0 Å². The van der Waals surface area contributed by atoms with E-state index >= 15 is 0 Å². The van der Waals surface area contributed by atoms with Crippen LogP contribution < -0.4 is 11.1 Å². The van der Waals surface area contributed by atoms with Gasteiger partial charge in [-0.05, 0) is 18.8 Å². The fourth-order valence-electron chi connectivity index (χ4n) is 1.44. The first-order valence-electron chi connectivity index (χ1n) is 5.25. The molecule has 0 bridgehead atoms. The van der Waals surface area contributed by atoms with Gasteiger partial charge in [-0.15, -0.1) is 0 Å².